The molecule has 2 amide bonds. The number of hydrogen-bond acceptors (Lipinski definition) is 2. The summed E-state index contributed by atoms with van der Waals surface area (Å²) in [6.07, 6.45) is 2.55. The Morgan fingerprint density at radius 2 is 1.15 bits per heavy atom. The summed E-state index contributed by atoms with van der Waals surface area (Å²) >= 11 is 0. The summed E-state index contributed by atoms with van der Waals surface area (Å²) in [6, 6.07) is 19.1. The molecule has 0 atom stereocenters. The summed E-state index contributed by atoms with van der Waals surface area (Å²) in [5, 5.41) is 0. The lowest BCUT2D eigenvalue weighted by Gasteiger charge is -2.12. The molecule has 1 heterocycles. The van der Waals surface area contributed by atoms with Gasteiger partial charge in [0.1, 0.15) is 0 Å². The number of carbonyl (C=O) groups excluding carboxylic acids is 2. The zero-order chi connectivity index (χ0) is 14.4. The minimum Gasteiger partial charge on any atom is -0.269 e. The van der Waals surface area contributed by atoms with E-state index >= 15 is 0 Å². The molecule has 3 rings (SSSR count). The number of aryl methyl sites for hydroxylation is 1. The Labute approximate surface area is 118 Å². The minimum atomic E-state index is -0.281. The van der Waals surface area contributed by atoms with Gasteiger partial charge in [-0.25, -0.2) is 4.90 Å². The molecule has 1 aliphatic rings. The van der Waals surface area contributed by atoms with Gasteiger partial charge in [0.15, 0.2) is 0 Å². The predicted molar refractivity (Wildman–Crippen MR) is 79.3 cm³/mol. The van der Waals surface area contributed by atoms with Gasteiger partial charge in [0.2, 0.25) is 0 Å². The maximum absolute atomic E-state index is 11.2. The molecule has 2 aromatic carbocycles. The van der Waals surface area contributed by atoms with E-state index in [2.05, 4.69) is 19.1 Å². The van der Waals surface area contributed by atoms with Crippen LogP contribution in [0, 0.1) is 6.92 Å². The van der Waals surface area contributed by atoms with Gasteiger partial charge in [-0.15, -0.1) is 0 Å². The van der Waals surface area contributed by atoms with Crippen molar-refractivity contribution >= 4 is 17.5 Å². The number of imide groups is 1. The third-order valence-corrected chi connectivity index (χ3v) is 2.76. The van der Waals surface area contributed by atoms with Crippen LogP contribution >= 0.6 is 0 Å². The van der Waals surface area contributed by atoms with Gasteiger partial charge in [0.05, 0.1) is 5.69 Å². The largest absolute Gasteiger partial charge is 0.269 e. The molecule has 0 saturated carbocycles. The first-order valence-corrected chi connectivity index (χ1v) is 6.31. The van der Waals surface area contributed by atoms with Crippen molar-refractivity contribution in [2.45, 2.75) is 6.92 Å². The molecule has 3 heteroatoms. The predicted octanol–water partition coefficient (Wildman–Crippen LogP) is 3.11. The van der Waals surface area contributed by atoms with Crippen molar-refractivity contribution < 1.29 is 9.59 Å². The summed E-state index contributed by atoms with van der Waals surface area (Å²) < 4.78 is 0. The molecule has 3 nitrogen and oxygen atoms in total. The lowest BCUT2D eigenvalue weighted by Crippen LogP contribution is -2.29. The van der Waals surface area contributed by atoms with E-state index in [1.165, 1.54) is 17.7 Å². The van der Waals surface area contributed by atoms with E-state index in [9.17, 15) is 9.59 Å². The Balaban J connectivity index is 0.000000178. The van der Waals surface area contributed by atoms with Gasteiger partial charge >= 0.3 is 0 Å². The van der Waals surface area contributed by atoms with Crippen molar-refractivity contribution in [3.05, 3.63) is 78.4 Å². The molecule has 0 fully saturated rings. The van der Waals surface area contributed by atoms with Gasteiger partial charge in [-0.2, -0.15) is 0 Å². The number of hydrogen-bond donors (Lipinski definition) is 0. The highest BCUT2D eigenvalue weighted by atomic mass is 16.2. The van der Waals surface area contributed by atoms with Crippen molar-refractivity contribution in [1.82, 2.24) is 0 Å². The van der Waals surface area contributed by atoms with Crippen LogP contribution in [-0.4, -0.2) is 11.8 Å². The molecule has 100 valence electrons. The van der Waals surface area contributed by atoms with E-state index in [0.717, 1.165) is 4.90 Å². The van der Waals surface area contributed by atoms with E-state index < -0.39 is 0 Å². The van der Waals surface area contributed by atoms with Crippen LogP contribution in [0.2, 0.25) is 0 Å². The minimum absolute atomic E-state index is 0.281. The van der Waals surface area contributed by atoms with Crippen LogP contribution in [0.4, 0.5) is 5.69 Å². The highest BCUT2D eigenvalue weighted by Gasteiger charge is 2.24. The molecule has 20 heavy (non-hydrogen) atoms. The van der Waals surface area contributed by atoms with Crippen LogP contribution in [-0.2, 0) is 9.59 Å². The number of rotatable bonds is 1. The summed E-state index contributed by atoms with van der Waals surface area (Å²) in [6.45, 7) is 2.08. The third kappa shape index (κ3) is 3.42. The second-order valence-corrected chi connectivity index (χ2v) is 4.34. The molecule has 1 aliphatic heterocycles. The van der Waals surface area contributed by atoms with Crippen LogP contribution in [0.5, 0.6) is 0 Å². The Morgan fingerprint density at radius 3 is 1.55 bits per heavy atom. The molecule has 0 saturated heterocycles. The molecule has 0 N–H and O–H groups in total. The lowest BCUT2D eigenvalue weighted by atomic mass is 10.2. The Bertz CT molecular complexity index is 600. The molecule has 0 aromatic heterocycles. The monoisotopic (exact) mass is 265 g/mol. The maximum atomic E-state index is 11.2. The highest BCUT2D eigenvalue weighted by molar-refractivity contribution is 6.28. The van der Waals surface area contributed by atoms with Gasteiger partial charge in [-0.05, 0) is 19.1 Å². The first-order valence-electron chi connectivity index (χ1n) is 6.31. The van der Waals surface area contributed by atoms with Gasteiger partial charge in [0, 0.05) is 12.2 Å². The molecule has 0 bridgehead atoms. The topological polar surface area (TPSA) is 37.4 Å². The molecular weight excluding hydrogens is 250 g/mol. The quantitative estimate of drug-likeness (QED) is 0.743. The van der Waals surface area contributed by atoms with E-state index in [1.807, 2.05) is 24.3 Å². The Hall–Kier alpha value is -2.68. The van der Waals surface area contributed by atoms with E-state index in [1.54, 1.807) is 24.3 Å². The summed E-state index contributed by atoms with van der Waals surface area (Å²) in [4.78, 5) is 23.5. The van der Waals surface area contributed by atoms with E-state index in [0.29, 0.717) is 5.69 Å². The summed E-state index contributed by atoms with van der Waals surface area (Å²) in [7, 11) is 0. The molecule has 0 unspecified atom stereocenters. The second-order valence-electron chi connectivity index (χ2n) is 4.34. The van der Waals surface area contributed by atoms with Crippen LogP contribution in [0.25, 0.3) is 0 Å². The molecule has 2 aromatic rings. The smallest absolute Gasteiger partial charge is 0.258 e. The average Bonchev–Trinajstić information content (AvgIpc) is 2.81. The van der Waals surface area contributed by atoms with Crippen LogP contribution in [0.3, 0.4) is 0 Å². The fourth-order valence-electron chi connectivity index (χ4n) is 1.77. The summed E-state index contributed by atoms with van der Waals surface area (Å²) in [5.74, 6) is -0.563. The molecule has 0 spiro atoms. The standard InChI is InChI=1S/C10H7NO2.C7H8/c12-9-6-7-10(13)11(9)8-4-2-1-3-5-8;1-7-5-3-2-4-6-7/h1-7H;2-6H,1H3. The zero-order valence-electron chi connectivity index (χ0n) is 11.2. The number of benzene rings is 2. The number of carbonyl (C=O) groups is 2. The Morgan fingerprint density at radius 1 is 0.700 bits per heavy atom. The lowest BCUT2D eigenvalue weighted by molar-refractivity contribution is -0.119. The van der Waals surface area contributed by atoms with E-state index in [4.69, 9.17) is 0 Å². The van der Waals surface area contributed by atoms with Gasteiger partial charge in [-0.3, -0.25) is 9.59 Å². The van der Waals surface area contributed by atoms with Crippen molar-refractivity contribution in [3.8, 4) is 0 Å². The van der Waals surface area contributed by atoms with Crippen LogP contribution in [0.15, 0.2) is 72.8 Å². The van der Waals surface area contributed by atoms with Crippen molar-refractivity contribution in [1.29, 1.82) is 0 Å². The van der Waals surface area contributed by atoms with Crippen LogP contribution < -0.4 is 4.90 Å². The summed E-state index contributed by atoms with van der Waals surface area (Å²) in [5.41, 5.74) is 1.94. The number of amides is 2. The number of anilines is 1. The van der Waals surface area contributed by atoms with Crippen molar-refractivity contribution in [2.75, 3.05) is 4.90 Å². The SMILES string of the molecule is Cc1ccccc1.O=C1C=CC(=O)N1c1ccccc1. The average molecular weight is 265 g/mol. The normalized spacial score (nSPS) is 13.2. The Kier molecular flexibility index (Phi) is 4.45. The molecule has 0 aliphatic carbocycles. The fraction of sp³-hybridized carbons (Fsp3) is 0.0588. The molecule has 0 radical (unpaired) electrons. The van der Waals surface area contributed by atoms with Crippen molar-refractivity contribution in [2.24, 2.45) is 0 Å². The highest BCUT2D eigenvalue weighted by Crippen LogP contribution is 2.17. The van der Waals surface area contributed by atoms with E-state index in [-0.39, 0.29) is 11.8 Å². The fourth-order valence-corrected chi connectivity index (χ4v) is 1.77. The van der Waals surface area contributed by atoms with Gasteiger partial charge in [-0.1, -0.05) is 54.1 Å². The van der Waals surface area contributed by atoms with Gasteiger partial charge in [0.25, 0.3) is 11.8 Å². The number of nitrogens with zero attached hydrogens (tertiary/aromatic N) is 1. The first kappa shape index (κ1) is 13.7. The zero-order valence-corrected chi connectivity index (χ0v) is 11.2. The molecular formula is C17H15NO2. The third-order valence-electron chi connectivity index (χ3n) is 2.76. The second kappa shape index (κ2) is 6.48. The first-order chi connectivity index (χ1) is 9.68. The van der Waals surface area contributed by atoms with Crippen LogP contribution in [0.1, 0.15) is 5.56 Å². The van der Waals surface area contributed by atoms with Gasteiger partial charge < -0.3 is 0 Å². The number of para-hydroxylation sites is 1. The maximum Gasteiger partial charge on any atom is 0.258 e. The van der Waals surface area contributed by atoms with Crippen molar-refractivity contribution in [3.63, 3.8) is 0 Å².